The first kappa shape index (κ1) is 14.9. The standard InChI is InChI=1S/C15H15ClN4OS/c1-9-3-4-11(7-13(9)16)14-6-5-12(21-14)8-17-20-10(2)18-19-15(20)22/h3-7,17H,8H2,1-2H3,(H,19,22). The Hall–Kier alpha value is -2.05. The van der Waals surface area contributed by atoms with E-state index in [1.54, 1.807) is 4.68 Å². The van der Waals surface area contributed by atoms with Crippen molar-refractivity contribution in [1.82, 2.24) is 14.9 Å². The van der Waals surface area contributed by atoms with Crippen molar-refractivity contribution < 1.29 is 4.42 Å². The number of nitrogens with zero attached hydrogens (tertiary/aromatic N) is 2. The number of rotatable bonds is 4. The highest BCUT2D eigenvalue weighted by Crippen LogP contribution is 2.26. The fourth-order valence-electron chi connectivity index (χ4n) is 2.09. The molecule has 22 heavy (non-hydrogen) atoms. The first-order chi connectivity index (χ1) is 10.5. The molecule has 0 fully saturated rings. The number of H-pyrrole nitrogens is 1. The molecule has 0 amide bonds. The first-order valence-electron chi connectivity index (χ1n) is 6.78. The van der Waals surface area contributed by atoms with Crippen LogP contribution in [0.5, 0.6) is 0 Å². The van der Waals surface area contributed by atoms with E-state index < -0.39 is 0 Å². The number of aromatic nitrogens is 3. The minimum atomic E-state index is 0.508. The lowest BCUT2D eigenvalue weighted by atomic mass is 10.1. The van der Waals surface area contributed by atoms with Gasteiger partial charge in [-0.2, -0.15) is 5.10 Å². The number of halogens is 1. The van der Waals surface area contributed by atoms with Gasteiger partial charge in [-0.15, -0.1) is 0 Å². The number of aromatic amines is 1. The fraction of sp³-hybridized carbons (Fsp3) is 0.200. The molecule has 0 unspecified atom stereocenters. The molecule has 2 aromatic heterocycles. The Morgan fingerprint density at radius 1 is 1.32 bits per heavy atom. The summed E-state index contributed by atoms with van der Waals surface area (Å²) in [5, 5.41) is 7.49. The molecule has 0 bridgehead atoms. The van der Waals surface area contributed by atoms with Crippen LogP contribution in [0.1, 0.15) is 17.1 Å². The SMILES string of the molecule is Cc1ccc(-c2ccc(CNn3c(C)n[nH]c3=S)o2)cc1Cl. The van der Waals surface area contributed by atoms with Gasteiger partial charge in [0.1, 0.15) is 17.3 Å². The summed E-state index contributed by atoms with van der Waals surface area (Å²) >= 11 is 11.3. The molecule has 0 radical (unpaired) electrons. The van der Waals surface area contributed by atoms with Crippen LogP contribution in [-0.2, 0) is 6.54 Å². The minimum Gasteiger partial charge on any atom is -0.459 e. The zero-order valence-corrected chi connectivity index (χ0v) is 13.8. The van der Waals surface area contributed by atoms with Crippen LogP contribution in [0, 0.1) is 18.6 Å². The molecule has 1 aromatic carbocycles. The van der Waals surface area contributed by atoms with Crippen LogP contribution in [0.2, 0.25) is 5.02 Å². The van der Waals surface area contributed by atoms with Crippen LogP contribution in [-0.4, -0.2) is 14.9 Å². The third-order valence-corrected chi connectivity index (χ3v) is 4.05. The summed E-state index contributed by atoms with van der Waals surface area (Å²) in [6, 6.07) is 9.73. The van der Waals surface area contributed by atoms with Crippen molar-refractivity contribution >= 4 is 23.8 Å². The predicted molar refractivity (Wildman–Crippen MR) is 89.1 cm³/mol. The Bertz CT molecular complexity index is 865. The molecular weight excluding hydrogens is 320 g/mol. The van der Waals surface area contributed by atoms with Gasteiger partial charge < -0.3 is 9.84 Å². The van der Waals surface area contributed by atoms with E-state index in [-0.39, 0.29) is 0 Å². The van der Waals surface area contributed by atoms with Gasteiger partial charge in [0.25, 0.3) is 0 Å². The van der Waals surface area contributed by atoms with Crippen LogP contribution in [0.3, 0.4) is 0 Å². The van der Waals surface area contributed by atoms with Crippen molar-refractivity contribution in [3.05, 3.63) is 57.3 Å². The van der Waals surface area contributed by atoms with Crippen LogP contribution < -0.4 is 5.43 Å². The van der Waals surface area contributed by atoms with Crippen LogP contribution in [0.4, 0.5) is 0 Å². The topological polar surface area (TPSA) is 58.8 Å². The second-order valence-electron chi connectivity index (χ2n) is 4.98. The van der Waals surface area contributed by atoms with Gasteiger partial charge in [-0.05, 0) is 49.8 Å². The predicted octanol–water partition coefficient (Wildman–Crippen LogP) is 4.21. The largest absolute Gasteiger partial charge is 0.459 e. The summed E-state index contributed by atoms with van der Waals surface area (Å²) in [4.78, 5) is 0. The molecule has 7 heteroatoms. The molecule has 5 nitrogen and oxygen atoms in total. The number of furan rings is 1. The van der Waals surface area contributed by atoms with Gasteiger partial charge in [0.05, 0.1) is 6.54 Å². The van der Waals surface area contributed by atoms with E-state index >= 15 is 0 Å². The van der Waals surface area contributed by atoms with E-state index in [1.165, 1.54) is 0 Å². The normalized spacial score (nSPS) is 10.9. The van der Waals surface area contributed by atoms with Crippen LogP contribution in [0.25, 0.3) is 11.3 Å². The Balaban J connectivity index is 1.76. The molecule has 2 heterocycles. The summed E-state index contributed by atoms with van der Waals surface area (Å²) in [6.07, 6.45) is 0. The molecule has 0 spiro atoms. The minimum absolute atomic E-state index is 0.508. The third-order valence-electron chi connectivity index (χ3n) is 3.37. The van der Waals surface area contributed by atoms with Crippen molar-refractivity contribution in [2.45, 2.75) is 20.4 Å². The monoisotopic (exact) mass is 334 g/mol. The van der Waals surface area contributed by atoms with Crippen molar-refractivity contribution in [3.8, 4) is 11.3 Å². The number of hydrogen-bond acceptors (Lipinski definition) is 4. The summed E-state index contributed by atoms with van der Waals surface area (Å²) in [5.41, 5.74) is 5.16. The van der Waals surface area contributed by atoms with E-state index in [4.69, 9.17) is 28.2 Å². The number of aryl methyl sites for hydroxylation is 2. The highest BCUT2D eigenvalue weighted by molar-refractivity contribution is 7.71. The van der Waals surface area contributed by atoms with Gasteiger partial charge in [0.2, 0.25) is 4.77 Å². The molecular formula is C15H15ClN4OS. The number of hydrogen-bond donors (Lipinski definition) is 2. The molecule has 0 aliphatic carbocycles. The Morgan fingerprint density at radius 3 is 2.82 bits per heavy atom. The van der Waals surface area contributed by atoms with Crippen molar-refractivity contribution in [1.29, 1.82) is 0 Å². The van der Waals surface area contributed by atoms with E-state index in [9.17, 15) is 0 Å². The molecule has 114 valence electrons. The molecule has 0 aliphatic heterocycles. The average Bonchev–Trinajstić information content (AvgIpc) is 3.08. The Morgan fingerprint density at radius 2 is 2.14 bits per heavy atom. The third kappa shape index (κ3) is 2.93. The van der Waals surface area contributed by atoms with E-state index in [2.05, 4.69) is 15.6 Å². The first-order valence-corrected chi connectivity index (χ1v) is 7.56. The lowest BCUT2D eigenvalue weighted by Crippen LogP contribution is -2.15. The van der Waals surface area contributed by atoms with E-state index in [1.807, 2.05) is 44.2 Å². The highest BCUT2D eigenvalue weighted by atomic mass is 35.5. The van der Waals surface area contributed by atoms with Gasteiger partial charge >= 0.3 is 0 Å². The molecule has 0 saturated carbocycles. The maximum Gasteiger partial charge on any atom is 0.214 e. The van der Waals surface area contributed by atoms with Gasteiger partial charge in [-0.3, -0.25) is 5.10 Å². The molecule has 0 saturated heterocycles. The maximum atomic E-state index is 6.15. The van der Waals surface area contributed by atoms with Crippen LogP contribution in [0.15, 0.2) is 34.7 Å². The van der Waals surface area contributed by atoms with Gasteiger partial charge in [-0.25, -0.2) is 4.68 Å². The van der Waals surface area contributed by atoms with Crippen molar-refractivity contribution in [3.63, 3.8) is 0 Å². The van der Waals surface area contributed by atoms with Crippen molar-refractivity contribution in [2.24, 2.45) is 0 Å². The Labute approximate surface area is 137 Å². The van der Waals surface area contributed by atoms with E-state index in [0.29, 0.717) is 11.3 Å². The second kappa shape index (κ2) is 5.98. The zero-order chi connectivity index (χ0) is 15.7. The van der Waals surface area contributed by atoms with Gasteiger partial charge in [0.15, 0.2) is 0 Å². The summed E-state index contributed by atoms with van der Waals surface area (Å²) in [6.45, 7) is 4.34. The zero-order valence-electron chi connectivity index (χ0n) is 12.2. The molecule has 0 aliphatic rings. The molecule has 3 aromatic rings. The maximum absolute atomic E-state index is 6.15. The van der Waals surface area contributed by atoms with Crippen molar-refractivity contribution in [2.75, 3.05) is 5.43 Å². The molecule has 0 atom stereocenters. The van der Waals surface area contributed by atoms with Crippen LogP contribution >= 0.6 is 23.8 Å². The molecule has 3 rings (SSSR count). The smallest absolute Gasteiger partial charge is 0.214 e. The summed E-state index contributed by atoms with van der Waals surface area (Å²) < 4.78 is 8.07. The Kier molecular flexibility index (Phi) is 4.04. The quantitative estimate of drug-likeness (QED) is 0.701. The second-order valence-corrected chi connectivity index (χ2v) is 5.77. The molecule has 2 N–H and O–H groups in total. The van der Waals surface area contributed by atoms with Gasteiger partial charge in [-0.1, -0.05) is 23.7 Å². The van der Waals surface area contributed by atoms with E-state index in [0.717, 1.165) is 33.5 Å². The fourth-order valence-corrected chi connectivity index (χ4v) is 2.52. The van der Waals surface area contributed by atoms with Gasteiger partial charge in [0, 0.05) is 10.6 Å². The lowest BCUT2D eigenvalue weighted by Gasteiger charge is -2.06. The highest BCUT2D eigenvalue weighted by Gasteiger charge is 2.07. The number of nitrogens with one attached hydrogen (secondary N) is 2. The number of benzene rings is 1. The lowest BCUT2D eigenvalue weighted by molar-refractivity contribution is 0.521. The average molecular weight is 335 g/mol. The summed E-state index contributed by atoms with van der Waals surface area (Å²) in [5.74, 6) is 2.35. The summed E-state index contributed by atoms with van der Waals surface area (Å²) in [7, 11) is 0.